The lowest BCUT2D eigenvalue weighted by Crippen LogP contribution is -2.45. The summed E-state index contributed by atoms with van der Waals surface area (Å²) in [7, 11) is 1.65. The van der Waals surface area contributed by atoms with Crippen LogP contribution in [0.15, 0.2) is 24.3 Å². The summed E-state index contributed by atoms with van der Waals surface area (Å²) in [5.74, 6) is 1.03. The molecule has 29 heavy (non-hydrogen) atoms. The summed E-state index contributed by atoms with van der Waals surface area (Å²) < 4.78 is 0. The van der Waals surface area contributed by atoms with E-state index in [1.165, 1.54) is 32.1 Å². The summed E-state index contributed by atoms with van der Waals surface area (Å²) in [5.41, 5.74) is 8.45. The first-order chi connectivity index (χ1) is 14.0. The topological polar surface area (TPSA) is 75.4 Å². The van der Waals surface area contributed by atoms with Gasteiger partial charge in [-0.1, -0.05) is 70.2 Å². The van der Waals surface area contributed by atoms with E-state index in [4.69, 9.17) is 5.73 Å². The lowest BCUT2D eigenvalue weighted by molar-refractivity contribution is -0.138. The molecule has 162 valence electrons. The quantitative estimate of drug-likeness (QED) is 0.784. The minimum atomic E-state index is -0.349. The Morgan fingerprint density at radius 3 is 2.41 bits per heavy atom. The molecule has 3 rings (SSSR count). The van der Waals surface area contributed by atoms with E-state index in [-0.39, 0.29) is 30.3 Å². The number of amides is 2. The molecule has 1 aliphatic carbocycles. The van der Waals surface area contributed by atoms with Crippen molar-refractivity contribution in [2.75, 3.05) is 13.6 Å². The lowest BCUT2D eigenvalue weighted by Gasteiger charge is -2.28. The highest BCUT2D eigenvalue weighted by Crippen LogP contribution is 2.38. The average molecular weight is 402 g/mol. The Bertz CT molecular complexity index is 670. The van der Waals surface area contributed by atoms with Gasteiger partial charge in [0.2, 0.25) is 11.8 Å². The molecule has 1 aliphatic heterocycles. The molecule has 5 heteroatoms. The highest BCUT2D eigenvalue weighted by Gasteiger charge is 2.42. The third-order valence-electron chi connectivity index (χ3n) is 6.50. The Labute approximate surface area is 176 Å². The summed E-state index contributed by atoms with van der Waals surface area (Å²) >= 11 is 0. The molecule has 1 heterocycles. The van der Waals surface area contributed by atoms with Crippen LogP contribution in [0.4, 0.5) is 0 Å². The summed E-state index contributed by atoms with van der Waals surface area (Å²) in [4.78, 5) is 27.3. The van der Waals surface area contributed by atoms with Gasteiger partial charge in [-0.2, -0.15) is 0 Å². The number of carbonyl (C=O) groups excluding carboxylic acids is 2. The number of likely N-dealkylation sites (tertiary alicyclic amines) is 1. The fourth-order valence-corrected chi connectivity index (χ4v) is 4.92. The Morgan fingerprint density at radius 1 is 1.14 bits per heavy atom. The third-order valence-corrected chi connectivity index (χ3v) is 6.50. The number of aryl methyl sites for hydroxylation is 1. The third kappa shape index (κ3) is 5.81. The van der Waals surface area contributed by atoms with Gasteiger partial charge in [0, 0.05) is 26.1 Å². The number of nitrogens with two attached hydrogens (primary N) is 1. The number of rotatable bonds is 5. The Hall–Kier alpha value is -1.88. The molecule has 0 spiro atoms. The molecule has 2 fully saturated rings. The average Bonchev–Trinajstić information content (AvgIpc) is 3.21. The molecule has 5 nitrogen and oxygen atoms in total. The number of hydrogen-bond donors (Lipinski definition) is 2. The predicted molar refractivity (Wildman–Crippen MR) is 118 cm³/mol. The summed E-state index contributed by atoms with van der Waals surface area (Å²) in [6.45, 7) is 6.71. The van der Waals surface area contributed by atoms with E-state index >= 15 is 0 Å². The second-order valence-electron chi connectivity index (χ2n) is 8.24. The molecular weight excluding hydrogens is 362 g/mol. The first-order valence-corrected chi connectivity index (χ1v) is 11.3. The van der Waals surface area contributed by atoms with E-state index in [1.807, 2.05) is 45.0 Å². The van der Waals surface area contributed by atoms with Crippen molar-refractivity contribution in [3.63, 3.8) is 0 Å². The van der Waals surface area contributed by atoms with Gasteiger partial charge in [-0.05, 0) is 36.3 Å². The number of nitrogens with one attached hydrogen (secondary N) is 1. The standard InChI is InChI=1S/C22H33N3O2.C2H6/c1-15-8-6-7-11-18(15)19(23)13-21(26)25-14-17(12-20(25)22(27)24-2)16-9-4-3-5-10-16;1-2/h6-8,11,16-17,19-20H,3-5,9-10,12-14,23H2,1-2H3,(H,24,27);1-2H3/t17?,19-,20-;/m0./s1. The number of likely N-dealkylation sites (N-methyl/N-ethyl adjacent to an activating group) is 1. The van der Waals surface area contributed by atoms with Gasteiger partial charge in [0.15, 0.2) is 0 Å². The van der Waals surface area contributed by atoms with E-state index in [2.05, 4.69) is 5.32 Å². The van der Waals surface area contributed by atoms with Gasteiger partial charge < -0.3 is 16.0 Å². The van der Waals surface area contributed by atoms with E-state index in [0.717, 1.165) is 17.5 Å². The highest BCUT2D eigenvalue weighted by atomic mass is 16.2. The van der Waals surface area contributed by atoms with E-state index in [0.29, 0.717) is 18.4 Å². The zero-order valence-corrected chi connectivity index (χ0v) is 18.6. The SMILES string of the molecule is CC.CNC(=O)[C@@H]1CC(C2CCCCC2)CN1C(=O)C[C@H](N)c1ccccc1C. The van der Waals surface area contributed by atoms with Gasteiger partial charge in [-0.3, -0.25) is 9.59 Å². The zero-order valence-electron chi connectivity index (χ0n) is 18.6. The van der Waals surface area contributed by atoms with Crippen LogP contribution in [-0.4, -0.2) is 36.3 Å². The van der Waals surface area contributed by atoms with Gasteiger partial charge in [-0.25, -0.2) is 0 Å². The van der Waals surface area contributed by atoms with Crippen LogP contribution in [0, 0.1) is 18.8 Å². The first kappa shape index (κ1) is 23.4. The predicted octanol–water partition coefficient (Wildman–Crippen LogP) is 3.95. The van der Waals surface area contributed by atoms with Crippen LogP contribution in [0.2, 0.25) is 0 Å². The smallest absolute Gasteiger partial charge is 0.242 e. The molecule has 1 aromatic carbocycles. The summed E-state index contributed by atoms with van der Waals surface area (Å²) in [6.07, 6.45) is 7.36. The number of carbonyl (C=O) groups is 2. The first-order valence-electron chi connectivity index (χ1n) is 11.3. The molecule has 0 bridgehead atoms. The maximum absolute atomic E-state index is 13.1. The fourth-order valence-electron chi connectivity index (χ4n) is 4.92. The van der Waals surface area contributed by atoms with Gasteiger partial charge >= 0.3 is 0 Å². The Kier molecular flexibility index (Phi) is 9.15. The van der Waals surface area contributed by atoms with Gasteiger partial charge in [0.1, 0.15) is 6.04 Å². The number of hydrogen-bond acceptors (Lipinski definition) is 3. The van der Waals surface area contributed by atoms with Crippen molar-refractivity contribution in [2.45, 2.75) is 77.8 Å². The monoisotopic (exact) mass is 401 g/mol. The van der Waals surface area contributed by atoms with Crippen molar-refractivity contribution in [2.24, 2.45) is 17.6 Å². The van der Waals surface area contributed by atoms with E-state index in [9.17, 15) is 9.59 Å². The van der Waals surface area contributed by atoms with Crippen LogP contribution in [0.1, 0.15) is 76.0 Å². The van der Waals surface area contributed by atoms with Crippen molar-refractivity contribution in [1.82, 2.24) is 10.2 Å². The fraction of sp³-hybridized carbons (Fsp3) is 0.667. The zero-order chi connectivity index (χ0) is 21.4. The van der Waals surface area contributed by atoms with Crippen LogP contribution >= 0.6 is 0 Å². The van der Waals surface area contributed by atoms with E-state index in [1.54, 1.807) is 11.9 Å². The van der Waals surface area contributed by atoms with Gasteiger partial charge in [0.25, 0.3) is 0 Å². The van der Waals surface area contributed by atoms with E-state index < -0.39 is 0 Å². The van der Waals surface area contributed by atoms with Crippen LogP contribution in [-0.2, 0) is 9.59 Å². The van der Waals surface area contributed by atoms with Crippen LogP contribution in [0.5, 0.6) is 0 Å². The molecule has 1 saturated carbocycles. The van der Waals surface area contributed by atoms with Crippen LogP contribution in [0.3, 0.4) is 0 Å². The second-order valence-corrected chi connectivity index (χ2v) is 8.24. The molecule has 2 aliphatic rings. The summed E-state index contributed by atoms with van der Waals surface area (Å²) in [5, 5.41) is 2.75. The molecule has 2 amide bonds. The summed E-state index contributed by atoms with van der Waals surface area (Å²) in [6, 6.07) is 7.25. The van der Waals surface area contributed by atoms with Crippen molar-refractivity contribution >= 4 is 11.8 Å². The normalized spacial score (nSPS) is 23.1. The minimum absolute atomic E-state index is 0.00216. The highest BCUT2D eigenvalue weighted by molar-refractivity contribution is 5.88. The molecule has 1 unspecified atom stereocenters. The van der Waals surface area contributed by atoms with Gasteiger partial charge in [0.05, 0.1) is 0 Å². The molecule has 0 radical (unpaired) electrons. The largest absolute Gasteiger partial charge is 0.357 e. The second kappa shape index (κ2) is 11.3. The molecule has 3 atom stereocenters. The molecule has 1 saturated heterocycles. The minimum Gasteiger partial charge on any atom is -0.357 e. The van der Waals surface area contributed by atoms with Crippen molar-refractivity contribution in [3.8, 4) is 0 Å². The Morgan fingerprint density at radius 2 is 1.79 bits per heavy atom. The van der Waals surface area contributed by atoms with Crippen LogP contribution < -0.4 is 11.1 Å². The molecular formula is C24H39N3O2. The molecule has 0 aromatic heterocycles. The van der Waals surface area contributed by atoms with Crippen molar-refractivity contribution in [1.29, 1.82) is 0 Å². The maximum atomic E-state index is 13.1. The van der Waals surface area contributed by atoms with Crippen molar-refractivity contribution in [3.05, 3.63) is 35.4 Å². The Balaban J connectivity index is 0.00000145. The van der Waals surface area contributed by atoms with Gasteiger partial charge in [-0.15, -0.1) is 0 Å². The molecule has 3 N–H and O–H groups in total. The maximum Gasteiger partial charge on any atom is 0.242 e. The van der Waals surface area contributed by atoms with Crippen molar-refractivity contribution < 1.29 is 9.59 Å². The number of nitrogens with zero attached hydrogens (tertiary/aromatic N) is 1. The number of benzene rings is 1. The van der Waals surface area contributed by atoms with Crippen LogP contribution in [0.25, 0.3) is 0 Å². The lowest BCUT2D eigenvalue weighted by atomic mass is 9.79. The molecule has 1 aromatic rings.